The van der Waals surface area contributed by atoms with E-state index in [2.05, 4.69) is 15.9 Å². The van der Waals surface area contributed by atoms with E-state index in [1.54, 1.807) is 12.1 Å². The number of halogens is 1. The quantitative estimate of drug-likeness (QED) is 0.922. The Hall–Kier alpha value is -1.81. The number of carboxylic acid groups (broad SMARTS) is 1. The maximum atomic E-state index is 10.7. The molecular weight excluding hydrogens is 296 g/mol. The molecule has 1 N–H and O–H groups in total. The van der Waals surface area contributed by atoms with E-state index in [1.807, 2.05) is 25.1 Å². The lowest BCUT2D eigenvalue weighted by molar-refractivity contribution is 0.0697. The molecule has 0 fully saturated rings. The van der Waals surface area contributed by atoms with E-state index >= 15 is 0 Å². The van der Waals surface area contributed by atoms with Crippen LogP contribution < -0.4 is 4.74 Å². The van der Waals surface area contributed by atoms with E-state index < -0.39 is 5.97 Å². The smallest absolute Gasteiger partial charge is 0.335 e. The zero-order chi connectivity index (χ0) is 13.1. The molecule has 18 heavy (non-hydrogen) atoms. The average molecular weight is 307 g/mol. The van der Waals surface area contributed by atoms with E-state index in [0.717, 1.165) is 15.8 Å². The molecule has 0 saturated heterocycles. The molecule has 0 radical (unpaired) electrons. The maximum absolute atomic E-state index is 10.7. The van der Waals surface area contributed by atoms with Crippen molar-refractivity contribution in [3.05, 3.63) is 58.1 Å². The van der Waals surface area contributed by atoms with E-state index in [9.17, 15) is 4.79 Å². The van der Waals surface area contributed by atoms with Gasteiger partial charge in [-0.05, 0) is 48.9 Å². The summed E-state index contributed by atoms with van der Waals surface area (Å²) in [5, 5.41) is 8.80. The Morgan fingerprint density at radius 3 is 2.44 bits per heavy atom. The van der Waals surface area contributed by atoms with Crippen molar-refractivity contribution in [2.45, 2.75) is 6.92 Å². The molecule has 0 aliphatic heterocycles. The van der Waals surface area contributed by atoms with Gasteiger partial charge in [-0.2, -0.15) is 0 Å². The third kappa shape index (κ3) is 2.90. The Morgan fingerprint density at radius 2 is 1.83 bits per heavy atom. The number of carboxylic acids is 1. The van der Waals surface area contributed by atoms with Gasteiger partial charge in [-0.15, -0.1) is 0 Å². The molecule has 3 nitrogen and oxygen atoms in total. The molecule has 2 rings (SSSR count). The van der Waals surface area contributed by atoms with Crippen LogP contribution in [-0.4, -0.2) is 11.1 Å². The number of carbonyl (C=O) groups is 1. The van der Waals surface area contributed by atoms with Crippen molar-refractivity contribution in [3.63, 3.8) is 0 Å². The first-order valence-electron chi connectivity index (χ1n) is 5.33. The summed E-state index contributed by atoms with van der Waals surface area (Å²) in [4.78, 5) is 10.7. The van der Waals surface area contributed by atoms with Crippen LogP contribution >= 0.6 is 15.9 Å². The van der Waals surface area contributed by atoms with Crippen molar-refractivity contribution in [2.75, 3.05) is 0 Å². The van der Waals surface area contributed by atoms with Crippen molar-refractivity contribution in [1.82, 2.24) is 0 Å². The second kappa shape index (κ2) is 5.23. The number of hydrogen-bond acceptors (Lipinski definition) is 2. The lowest BCUT2D eigenvalue weighted by atomic mass is 10.2. The fraction of sp³-hybridized carbons (Fsp3) is 0.0714. The molecule has 0 atom stereocenters. The largest absolute Gasteiger partial charge is 0.478 e. The molecule has 0 aliphatic rings. The summed E-state index contributed by atoms with van der Waals surface area (Å²) in [6.07, 6.45) is 0. The van der Waals surface area contributed by atoms with Crippen molar-refractivity contribution in [1.29, 1.82) is 0 Å². The molecule has 0 heterocycles. The van der Waals surface area contributed by atoms with E-state index in [4.69, 9.17) is 9.84 Å². The normalized spacial score (nSPS) is 10.1. The van der Waals surface area contributed by atoms with Gasteiger partial charge < -0.3 is 9.84 Å². The number of benzene rings is 2. The Kier molecular flexibility index (Phi) is 3.67. The third-order valence-electron chi connectivity index (χ3n) is 2.48. The molecule has 0 unspecified atom stereocenters. The Bertz CT molecular complexity index is 576. The van der Waals surface area contributed by atoms with Crippen molar-refractivity contribution >= 4 is 21.9 Å². The summed E-state index contributed by atoms with van der Waals surface area (Å²) >= 11 is 3.38. The minimum atomic E-state index is -0.944. The summed E-state index contributed by atoms with van der Waals surface area (Å²) in [6.45, 7) is 1.95. The summed E-state index contributed by atoms with van der Waals surface area (Å²) in [6, 6.07) is 12.1. The number of aromatic carboxylic acids is 1. The standard InChI is InChI=1S/C14H11BrO3/c1-9-2-5-11(15)8-13(9)18-12-6-3-10(4-7-12)14(16)17/h2-8H,1H3,(H,16,17). The highest BCUT2D eigenvalue weighted by Gasteiger charge is 2.05. The first-order chi connectivity index (χ1) is 8.56. The molecule has 0 amide bonds. The van der Waals surface area contributed by atoms with Crippen LogP contribution in [0, 0.1) is 6.92 Å². The average Bonchev–Trinajstić information content (AvgIpc) is 2.34. The highest BCUT2D eigenvalue weighted by atomic mass is 79.9. The first-order valence-corrected chi connectivity index (χ1v) is 6.13. The molecule has 0 aliphatic carbocycles. The minimum Gasteiger partial charge on any atom is -0.478 e. The number of rotatable bonds is 3. The molecule has 4 heteroatoms. The van der Waals surface area contributed by atoms with Gasteiger partial charge in [0, 0.05) is 4.47 Å². The molecule has 0 bridgehead atoms. The van der Waals surface area contributed by atoms with Gasteiger partial charge in [-0.25, -0.2) is 4.79 Å². The van der Waals surface area contributed by atoms with Crippen molar-refractivity contribution in [2.24, 2.45) is 0 Å². The Labute approximate surface area is 113 Å². The number of aryl methyl sites for hydroxylation is 1. The summed E-state index contributed by atoms with van der Waals surface area (Å²) < 4.78 is 6.64. The highest BCUT2D eigenvalue weighted by Crippen LogP contribution is 2.28. The van der Waals surface area contributed by atoms with Gasteiger partial charge >= 0.3 is 5.97 Å². The molecule has 0 saturated carbocycles. The first kappa shape index (κ1) is 12.6. The monoisotopic (exact) mass is 306 g/mol. The number of ether oxygens (including phenoxy) is 1. The van der Waals surface area contributed by atoms with Crippen LogP contribution in [0.15, 0.2) is 46.9 Å². The molecule has 0 spiro atoms. The molecule has 2 aromatic rings. The van der Waals surface area contributed by atoms with Crippen LogP contribution in [0.1, 0.15) is 15.9 Å². The number of hydrogen-bond donors (Lipinski definition) is 1. The lowest BCUT2D eigenvalue weighted by Crippen LogP contribution is -1.95. The van der Waals surface area contributed by atoms with Crippen molar-refractivity contribution in [3.8, 4) is 11.5 Å². The summed E-state index contributed by atoms with van der Waals surface area (Å²) in [5.74, 6) is 0.411. The topological polar surface area (TPSA) is 46.5 Å². The molecule has 92 valence electrons. The van der Waals surface area contributed by atoms with Gasteiger partial charge in [0.1, 0.15) is 11.5 Å². The SMILES string of the molecule is Cc1ccc(Br)cc1Oc1ccc(C(=O)O)cc1. The molecular formula is C14H11BrO3. The Morgan fingerprint density at radius 1 is 1.17 bits per heavy atom. The van der Waals surface area contributed by atoms with Crippen LogP contribution in [0.4, 0.5) is 0 Å². The maximum Gasteiger partial charge on any atom is 0.335 e. The fourth-order valence-electron chi connectivity index (χ4n) is 1.48. The lowest BCUT2D eigenvalue weighted by Gasteiger charge is -2.09. The van der Waals surface area contributed by atoms with Gasteiger partial charge in [0.25, 0.3) is 0 Å². The summed E-state index contributed by atoms with van der Waals surface area (Å²) in [7, 11) is 0. The minimum absolute atomic E-state index is 0.244. The predicted octanol–water partition coefficient (Wildman–Crippen LogP) is 4.25. The van der Waals surface area contributed by atoms with Crippen LogP contribution in [0.25, 0.3) is 0 Å². The van der Waals surface area contributed by atoms with Crippen LogP contribution in [0.5, 0.6) is 11.5 Å². The Balaban J connectivity index is 2.23. The third-order valence-corrected chi connectivity index (χ3v) is 2.97. The van der Waals surface area contributed by atoms with Gasteiger partial charge in [0.05, 0.1) is 5.56 Å². The van der Waals surface area contributed by atoms with Gasteiger partial charge in [-0.3, -0.25) is 0 Å². The van der Waals surface area contributed by atoms with Gasteiger partial charge in [-0.1, -0.05) is 22.0 Å². The van der Waals surface area contributed by atoms with Gasteiger partial charge in [0.15, 0.2) is 0 Å². The van der Waals surface area contributed by atoms with Crippen LogP contribution in [0.2, 0.25) is 0 Å². The predicted molar refractivity (Wildman–Crippen MR) is 72.4 cm³/mol. The van der Waals surface area contributed by atoms with Crippen molar-refractivity contribution < 1.29 is 14.6 Å². The van der Waals surface area contributed by atoms with E-state index in [0.29, 0.717) is 5.75 Å². The second-order valence-corrected chi connectivity index (χ2v) is 4.76. The van der Waals surface area contributed by atoms with E-state index in [-0.39, 0.29) is 5.56 Å². The molecule has 0 aromatic heterocycles. The fourth-order valence-corrected chi connectivity index (χ4v) is 1.82. The zero-order valence-electron chi connectivity index (χ0n) is 9.68. The van der Waals surface area contributed by atoms with E-state index in [1.165, 1.54) is 12.1 Å². The van der Waals surface area contributed by atoms with Crippen LogP contribution in [0.3, 0.4) is 0 Å². The summed E-state index contributed by atoms with van der Waals surface area (Å²) in [5.41, 5.74) is 1.26. The van der Waals surface area contributed by atoms with Gasteiger partial charge in [0.2, 0.25) is 0 Å². The van der Waals surface area contributed by atoms with Crippen LogP contribution in [-0.2, 0) is 0 Å². The zero-order valence-corrected chi connectivity index (χ0v) is 11.3. The molecule has 2 aromatic carbocycles. The second-order valence-electron chi connectivity index (χ2n) is 3.84. The highest BCUT2D eigenvalue weighted by molar-refractivity contribution is 9.10.